The lowest BCUT2D eigenvalue weighted by Crippen LogP contribution is -2.41. The van der Waals surface area contributed by atoms with Gasteiger partial charge in [0.25, 0.3) is 0 Å². The van der Waals surface area contributed by atoms with E-state index >= 15 is 0 Å². The topological polar surface area (TPSA) is 73.1 Å². The molecule has 4 rings (SSSR count). The van der Waals surface area contributed by atoms with Crippen LogP contribution in [0.1, 0.15) is 31.4 Å². The number of carbonyl (C=O) groups excluding carboxylic acids is 1. The first-order valence-corrected chi connectivity index (χ1v) is 11.0. The van der Waals surface area contributed by atoms with Gasteiger partial charge in [-0.25, -0.2) is 9.97 Å². The highest BCUT2D eigenvalue weighted by Gasteiger charge is 2.34. The van der Waals surface area contributed by atoms with Crippen LogP contribution in [0.3, 0.4) is 0 Å². The summed E-state index contributed by atoms with van der Waals surface area (Å²) in [5.41, 5.74) is 0.592. The molecule has 1 atom stereocenters. The van der Waals surface area contributed by atoms with Crippen LogP contribution >= 0.6 is 0 Å². The molecule has 0 bridgehead atoms. The third-order valence-corrected chi connectivity index (χ3v) is 6.07. The summed E-state index contributed by atoms with van der Waals surface area (Å²) in [7, 11) is 1.77. The standard InChI is InChI=1S/C25H24F3N5O/c1-15(2)24(34)32(3)19-8-9-33(14-19)23-22(30-20-6-4-5-7-21(20)31-23)17-10-16(13-29)11-18(12-17)25(26,27)28/h4-7,10-12,15,19H,8-9,14H2,1-3H3/t19-/m0/s1. The van der Waals surface area contributed by atoms with Gasteiger partial charge in [0.05, 0.1) is 34.3 Å². The number of rotatable bonds is 4. The average molecular weight is 467 g/mol. The van der Waals surface area contributed by atoms with Gasteiger partial charge in [-0.1, -0.05) is 26.0 Å². The summed E-state index contributed by atoms with van der Waals surface area (Å²) in [4.78, 5) is 25.6. The number of nitrogens with zero attached hydrogens (tertiary/aromatic N) is 5. The van der Waals surface area contributed by atoms with Crippen LogP contribution < -0.4 is 4.90 Å². The second-order valence-corrected chi connectivity index (χ2v) is 8.79. The number of nitriles is 1. The van der Waals surface area contributed by atoms with Crippen molar-refractivity contribution >= 4 is 22.8 Å². The van der Waals surface area contributed by atoms with Crippen molar-refractivity contribution in [1.29, 1.82) is 5.26 Å². The Hall–Kier alpha value is -3.67. The Balaban J connectivity index is 1.82. The third kappa shape index (κ3) is 4.53. The van der Waals surface area contributed by atoms with Crippen LogP contribution in [0.5, 0.6) is 0 Å². The summed E-state index contributed by atoms with van der Waals surface area (Å²) >= 11 is 0. The first kappa shape index (κ1) is 23.5. The maximum Gasteiger partial charge on any atom is 0.416 e. The van der Waals surface area contributed by atoms with Crippen LogP contribution in [0.15, 0.2) is 42.5 Å². The Bertz CT molecular complexity index is 1280. The first-order valence-electron chi connectivity index (χ1n) is 11.0. The molecule has 1 aliphatic rings. The molecule has 9 heteroatoms. The van der Waals surface area contributed by atoms with E-state index in [2.05, 4.69) is 4.98 Å². The van der Waals surface area contributed by atoms with Crippen molar-refractivity contribution in [1.82, 2.24) is 14.9 Å². The second-order valence-electron chi connectivity index (χ2n) is 8.79. The molecule has 176 valence electrons. The lowest BCUT2D eigenvalue weighted by atomic mass is 10.0. The summed E-state index contributed by atoms with van der Waals surface area (Å²) in [6.07, 6.45) is -3.90. The number of likely N-dealkylation sites (N-methyl/N-ethyl adjacent to an activating group) is 1. The number of alkyl halides is 3. The van der Waals surface area contributed by atoms with Gasteiger partial charge in [-0.2, -0.15) is 18.4 Å². The fraction of sp³-hybridized carbons (Fsp3) is 0.360. The number of amides is 1. The monoisotopic (exact) mass is 467 g/mol. The van der Waals surface area contributed by atoms with E-state index in [4.69, 9.17) is 4.98 Å². The van der Waals surface area contributed by atoms with E-state index in [-0.39, 0.29) is 34.7 Å². The average Bonchev–Trinajstić information content (AvgIpc) is 3.31. The van der Waals surface area contributed by atoms with Crippen molar-refractivity contribution in [2.75, 3.05) is 25.0 Å². The zero-order valence-corrected chi connectivity index (χ0v) is 19.1. The Labute approximate surface area is 195 Å². The number of fused-ring (bicyclic) bond motifs is 1. The molecule has 0 saturated carbocycles. The molecule has 1 fully saturated rings. The number of benzene rings is 2. The third-order valence-electron chi connectivity index (χ3n) is 6.07. The summed E-state index contributed by atoms with van der Waals surface area (Å²) < 4.78 is 40.6. The molecule has 0 N–H and O–H groups in total. The summed E-state index contributed by atoms with van der Waals surface area (Å²) in [5, 5.41) is 9.34. The van der Waals surface area contributed by atoms with Crippen molar-refractivity contribution in [2.24, 2.45) is 5.92 Å². The summed E-state index contributed by atoms with van der Waals surface area (Å²) in [6.45, 7) is 4.75. The number of para-hydroxylation sites is 2. The number of carbonyl (C=O) groups is 1. The summed E-state index contributed by atoms with van der Waals surface area (Å²) in [5.74, 6) is 0.340. The molecule has 6 nitrogen and oxygen atoms in total. The molecule has 0 spiro atoms. The minimum absolute atomic E-state index is 0.0354. The molecule has 2 heterocycles. The quantitative estimate of drug-likeness (QED) is 0.547. The van der Waals surface area contributed by atoms with Crippen LogP contribution in [0.25, 0.3) is 22.3 Å². The Morgan fingerprint density at radius 3 is 2.47 bits per heavy atom. The normalized spacial score (nSPS) is 16.2. The zero-order valence-electron chi connectivity index (χ0n) is 19.1. The van der Waals surface area contributed by atoms with Gasteiger partial charge in [0, 0.05) is 31.6 Å². The first-order chi connectivity index (χ1) is 16.1. The highest BCUT2D eigenvalue weighted by Crippen LogP contribution is 2.37. The van der Waals surface area contributed by atoms with Gasteiger partial charge in [-0.05, 0) is 36.8 Å². The smallest absolute Gasteiger partial charge is 0.353 e. The number of aromatic nitrogens is 2. The lowest BCUT2D eigenvalue weighted by Gasteiger charge is -2.27. The van der Waals surface area contributed by atoms with Crippen LogP contribution in [0.4, 0.5) is 19.0 Å². The molecule has 1 aliphatic heterocycles. The molecule has 1 aromatic heterocycles. The number of hydrogen-bond acceptors (Lipinski definition) is 5. The zero-order chi connectivity index (χ0) is 24.6. The van der Waals surface area contributed by atoms with Crippen molar-refractivity contribution in [3.05, 3.63) is 53.6 Å². The maximum absolute atomic E-state index is 13.5. The molecule has 34 heavy (non-hydrogen) atoms. The minimum Gasteiger partial charge on any atom is -0.353 e. The lowest BCUT2D eigenvalue weighted by molar-refractivity contribution is -0.137. The van der Waals surface area contributed by atoms with E-state index in [0.29, 0.717) is 36.4 Å². The van der Waals surface area contributed by atoms with E-state index in [9.17, 15) is 23.2 Å². The van der Waals surface area contributed by atoms with Gasteiger partial charge in [-0.15, -0.1) is 0 Å². The molecule has 0 aliphatic carbocycles. The predicted molar refractivity (Wildman–Crippen MR) is 123 cm³/mol. The van der Waals surface area contributed by atoms with Crippen LogP contribution in [0.2, 0.25) is 0 Å². The van der Waals surface area contributed by atoms with Crippen LogP contribution in [-0.2, 0) is 11.0 Å². The van der Waals surface area contributed by atoms with E-state index < -0.39 is 11.7 Å². The predicted octanol–water partition coefficient (Wildman–Crippen LogP) is 4.88. The molecule has 1 amide bonds. The van der Waals surface area contributed by atoms with Gasteiger partial charge in [0.1, 0.15) is 5.69 Å². The van der Waals surface area contributed by atoms with Crippen molar-refractivity contribution < 1.29 is 18.0 Å². The molecule has 0 radical (unpaired) electrons. The Morgan fingerprint density at radius 2 is 1.85 bits per heavy atom. The fourth-order valence-corrected chi connectivity index (χ4v) is 4.23. The van der Waals surface area contributed by atoms with Crippen molar-refractivity contribution in [2.45, 2.75) is 32.5 Å². The second kappa shape index (κ2) is 8.93. The van der Waals surface area contributed by atoms with E-state index in [1.165, 1.54) is 6.07 Å². The van der Waals surface area contributed by atoms with Gasteiger partial charge >= 0.3 is 6.18 Å². The van der Waals surface area contributed by atoms with E-state index in [0.717, 1.165) is 12.1 Å². The molecule has 3 aromatic rings. The molecule has 1 saturated heterocycles. The molecular formula is C25H24F3N5O. The Morgan fingerprint density at radius 1 is 1.18 bits per heavy atom. The highest BCUT2D eigenvalue weighted by molar-refractivity contribution is 5.84. The van der Waals surface area contributed by atoms with Crippen LogP contribution in [0, 0.1) is 17.2 Å². The van der Waals surface area contributed by atoms with Crippen molar-refractivity contribution in [3.8, 4) is 17.3 Å². The number of hydrogen-bond donors (Lipinski definition) is 0. The largest absolute Gasteiger partial charge is 0.416 e. The molecule has 0 unspecified atom stereocenters. The minimum atomic E-state index is -4.61. The van der Waals surface area contributed by atoms with Gasteiger partial charge in [-0.3, -0.25) is 4.79 Å². The molecule has 2 aromatic carbocycles. The van der Waals surface area contributed by atoms with E-state index in [1.54, 1.807) is 30.1 Å². The van der Waals surface area contributed by atoms with E-state index in [1.807, 2.05) is 30.9 Å². The highest BCUT2D eigenvalue weighted by atomic mass is 19.4. The van der Waals surface area contributed by atoms with Gasteiger partial charge in [0.15, 0.2) is 5.82 Å². The van der Waals surface area contributed by atoms with Gasteiger partial charge in [0.2, 0.25) is 5.91 Å². The summed E-state index contributed by atoms with van der Waals surface area (Å²) in [6, 6.07) is 12.1. The van der Waals surface area contributed by atoms with Crippen molar-refractivity contribution in [3.63, 3.8) is 0 Å². The molecular weight excluding hydrogens is 443 g/mol. The number of halogens is 3. The Kier molecular flexibility index (Phi) is 6.17. The number of anilines is 1. The SMILES string of the molecule is CC(C)C(=O)N(C)[C@H]1CCN(c2nc3ccccc3nc2-c2cc(C#N)cc(C(F)(F)F)c2)C1. The fourth-order valence-electron chi connectivity index (χ4n) is 4.23. The van der Waals surface area contributed by atoms with Gasteiger partial charge < -0.3 is 9.80 Å². The maximum atomic E-state index is 13.5. The van der Waals surface area contributed by atoms with Crippen LogP contribution in [-0.4, -0.2) is 47.0 Å².